The molecule has 0 saturated carbocycles. The van der Waals surface area contributed by atoms with E-state index in [0.29, 0.717) is 50.0 Å². The molecule has 36 heavy (non-hydrogen) atoms. The van der Waals surface area contributed by atoms with Crippen molar-refractivity contribution in [2.75, 3.05) is 31.1 Å². The molecule has 4 rings (SSSR count). The zero-order valence-corrected chi connectivity index (χ0v) is 22.4. The number of rotatable bonds is 8. The monoisotopic (exact) mass is 532 g/mol. The van der Waals surface area contributed by atoms with Crippen LogP contribution in [0.5, 0.6) is 0 Å². The SMILES string of the molecule is CC1=NS(=O)(=O)c2cc(C(=O)NCCc3ccc(S(=O)(=O)N4CCCC4)cc3)ccc2N1CC(C)C. The zero-order valence-electron chi connectivity index (χ0n) is 20.8. The summed E-state index contributed by atoms with van der Waals surface area (Å²) in [5.74, 6) is 0.316. The van der Waals surface area contributed by atoms with Gasteiger partial charge in [-0.3, -0.25) is 4.79 Å². The van der Waals surface area contributed by atoms with E-state index in [9.17, 15) is 21.6 Å². The van der Waals surface area contributed by atoms with Crippen molar-refractivity contribution >= 4 is 37.5 Å². The molecule has 0 aromatic heterocycles. The Morgan fingerprint density at radius 3 is 2.39 bits per heavy atom. The van der Waals surface area contributed by atoms with Crippen LogP contribution in [0.3, 0.4) is 0 Å². The van der Waals surface area contributed by atoms with Crippen LogP contribution in [0.2, 0.25) is 0 Å². The summed E-state index contributed by atoms with van der Waals surface area (Å²) < 4.78 is 56.1. The molecule has 0 radical (unpaired) electrons. The Morgan fingerprint density at radius 1 is 1.08 bits per heavy atom. The van der Waals surface area contributed by atoms with Gasteiger partial charge in [-0.05, 0) is 68.0 Å². The minimum absolute atomic E-state index is 0.0243. The van der Waals surface area contributed by atoms with Gasteiger partial charge >= 0.3 is 0 Å². The van der Waals surface area contributed by atoms with E-state index in [1.165, 1.54) is 10.4 Å². The Bertz CT molecular complexity index is 1380. The lowest BCUT2D eigenvalue weighted by atomic mass is 10.1. The standard InChI is InChI=1S/C25H32N4O5S2/c1-18(2)17-29-19(3)27-35(31,32)24-16-21(8-11-23(24)29)25(30)26-13-12-20-6-9-22(10-7-20)36(33,34)28-14-4-5-15-28/h6-11,16,18H,4-5,12-15,17H2,1-3H3,(H,26,30). The molecule has 194 valence electrons. The summed E-state index contributed by atoms with van der Waals surface area (Å²) in [5.41, 5.74) is 1.65. The molecule has 2 aromatic rings. The van der Waals surface area contributed by atoms with Gasteiger partial charge in [-0.15, -0.1) is 4.40 Å². The van der Waals surface area contributed by atoms with E-state index >= 15 is 0 Å². The molecule has 0 spiro atoms. The number of hydrogen-bond acceptors (Lipinski definition) is 6. The van der Waals surface area contributed by atoms with Crippen LogP contribution in [0.4, 0.5) is 5.69 Å². The quantitative estimate of drug-likeness (QED) is 0.559. The maximum absolute atomic E-state index is 12.7. The lowest BCUT2D eigenvalue weighted by Gasteiger charge is -2.30. The molecule has 0 aliphatic carbocycles. The Morgan fingerprint density at radius 2 is 1.75 bits per heavy atom. The molecule has 1 N–H and O–H groups in total. The smallest absolute Gasteiger partial charge is 0.286 e. The fraction of sp³-hybridized carbons (Fsp3) is 0.440. The first-order chi connectivity index (χ1) is 17.0. The second kappa shape index (κ2) is 10.3. The molecule has 2 heterocycles. The van der Waals surface area contributed by atoms with Crippen LogP contribution in [0.25, 0.3) is 0 Å². The minimum atomic E-state index is -3.89. The van der Waals surface area contributed by atoms with E-state index in [-0.39, 0.29) is 21.3 Å². The van der Waals surface area contributed by atoms with Crippen LogP contribution in [-0.4, -0.2) is 59.1 Å². The van der Waals surface area contributed by atoms with Gasteiger partial charge in [0.2, 0.25) is 10.0 Å². The number of carbonyl (C=O) groups is 1. The van der Waals surface area contributed by atoms with E-state index in [2.05, 4.69) is 9.71 Å². The van der Waals surface area contributed by atoms with Gasteiger partial charge in [0.05, 0.1) is 10.6 Å². The van der Waals surface area contributed by atoms with Crippen LogP contribution in [-0.2, 0) is 26.5 Å². The highest BCUT2D eigenvalue weighted by molar-refractivity contribution is 7.90. The van der Waals surface area contributed by atoms with Crippen molar-refractivity contribution in [1.29, 1.82) is 0 Å². The van der Waals surface area contributed by atoms with Crippen molar-refractivity contribution in [3.05, 3.63) is 53.6 Å². The molecular formula is C25H32N4O5S2. The van der Waals surface area contributed by atoms with Crippen LogP contribution < -0.4 is 10.2 Å². The van der Waals surface area contributed by atoms with Gasteiger partial charge < -0.3 is 10.2 Å². The molecule has 2 aliphatic heterocycles. The number of nitrogens with zero attached hydrogens (tertiary/aromatic N) is 3. The average Bonchev–Trinajstić information content (AvgIpc) is 3.37. The number of benzene rings is 2. The first-order valence-corrected chi connectivity index (χ1v) is 15.0. The second-order valence-electron chi connectivity index (χ2n) is 9.56. The number of sulfonamides is 2. The van der Waals surface area contributed by atoms with Gasteiger partial charge in [-0.2, -0.15) is 12.7 Å². The Hall–Kier alpha value is -2.76. The number of amides is 1. The molecule has 0 bridgehead atoms. The summed E-state index contributed by atoms with van der Waals surface area (Å²) in [6.45, 7) is 7.79. The predicted octanol–water partition coefficient (Wildman–Crippen LogP) is 3.03. The third-order valence-corrected chi connectivity index (χ3v) is 9.61. The van der Waals surface area contributed by atoms with E-state index in [0.717, 1.165) is 18.4 Å². The molecule has 0 unspecified atom stereocenters. The van der Waals surface area contributed by atoms with Crippen LogP contribution in [0.1, 0.15) is 49.5 Å². The molecule has 1 amide bonds. The maximum Gasteiger partial charge on any atom is 0.286 e. The van der Waals surface area contributed by atoms with Crippen molar-refractivity contribution in [2.45, 2.75) is 49.8 Å². The Balaban J connectivity index is 1.41. The first kappa shape index (κ1) is 26.3. The molecule has 1 fully saturated rings. The molecule has 11 heteroatoms. The lowest BCUT2D eigenvalue weighted by molar-refractivity contribution is 0.0954. The highest BCUT2D eigenvalue weighted by Gasteiger charge is 2.30. The molecule has 2 aromatic carbocycles. The van der Waals surface area contributed by atoms with Crippen molar-refractivity contribution < 1.29 is 21.6 Å². The van der Waals surface area contributed by atoms with E-state index in [1.54, 1.807) is 43.3 Å². The van der Waals surface area contributed by atoms with Crippen molar-refractivity contribution in [2.24, 2.45) is 10.3 Å². The number of anilines is 1. The summed E-state index contributed by atoms with van der Waals surface area (Å²) in [4.78, 5) is 14.9. The summed E-state index contributed by atoms with van der Waals surface area (Å²) in [6.07, 6.45) is 2.27. The zero-order chi connectivity index (χ0) is 26.1. The molecule has 0 atom stereocenters. The Kier molecular flexibility index (Phi) is 7.53. The van der Waals surface area contributed by atoms with Gasteiger partial charge in [-0.1, -0.05) is 26.0 Å². The largest absolute Gasteiger partial charge is 0.352 e. The van der Waals surface area contributed by atoms with Gasteiger partial charge in [0.25, 0.3) is 15.9 Å². The third-order valence-electron chi connectivity index (χ3n) is 6.31. The van der Waals surface area contributed by atoms with E-state index < -0.39 is 20.0 Å². The fourth-order valence-corrected chi connectivity index (χ4v) is 7.24. The lowest BCUT2D eigenvalue weighted by Crippen LogP contribution is -2.37. The number of hydrogen-bond donors (Lipinski definition) is 1. The number of carbonyl (C=O) groups excluding carboxylic acids is 1. The van der Waals surface area contributed by atoms with Crippen molar-refractivity contribution in [3.63, 3.8) is 0 Å². The van der Waals surface area contributed by atoms with Gasteiger partial charge in [0, 0.05) is 31.7 Å². The van der Waals surface area contributed by atoms with Gasteiger partial charge in [0.1, 0.15) is 10.7 Å². The van der Waals surface area contributed by atoms with Crippen LogP contribution >= 0.6 is 0 Å². The van der Waals surface area contributed by atoms with E-state index in [1.807, 2.05) is 18.7 Å². The Labute approximate surface area is 213 Å². The summed E-state index contributed by atoms with van der Waals surface area (Å²) in [5, 5.41) is 2.81. The number of nitrogens with one attached hydrogen (secondary N) is 1. The van der Waals surface area contributed by atoms with Crippen LogP contribution in [0, 0.1) is 5.92 Å². The summed E-state index contributed by atoms with van der Waals surface area (Å²) in [6, 6.07) is 11.4. The molecular weight excluding hydrogens is 500 g/mol. The maximum atomic E-state index is 12.7. The fourth-order valence-electron chi connectivity index (χ4n) is 4.46. The number of amidine groups is 1. The average molecular weight is 533 g/mol. The predicted molar refractivity (Wildman–Crippen MR) is 139 cm³/mol. The van der Waals surface area contributed by atoms with E-state index in [4.69, 9.17) is 0 Å². The first-order valence-electron chi connectivity index (χ1n) is 12.1. The normalized spacial score (nSPS) is 17.7. The highest BCUT2D eigenvalue weighted by atomic mass is 32.2. The highest BCUT2D eigenvalue weighted by Crippen LogP contribution is 2.33. The van der Waals surface area contributed by atoms with Crippen molar-refractivity contribution in [3.8, 4) is 0 Å². The second-order valence-corrected chi connectivity index (χ2v) is 13.1. The summed E-state index contributed by atoms with van der Waals surface area (Å²) in [7, 11) is -7.34. The third kappa shape index (κ3) is 5.47. The minimum Gasteiger partial charge on any atom is -0.352 e. The van der Waals surface area contributed by atoms with Crippen LogP contribution in [0.15, 0.2) is 56.7 Å². The van der Waals surface area contributed by atoms with Gasteiger partial charge in [-0.25, -0.2) is 8.42 Å². The van der Waals surface area contributed by atoms with Gasteiger partial charge in [0.15, 0.2) is 0 Å². The number of fused-ring (bicyclic) bond motifs is 1. The summed E-state index contributed by atoms with van der Waals surface area (Å²) >= 11 is 0. The molecule has 1 saturated heterocycles. The molecule has 9 nitrogen and oxygen atoms in total. The molecule has 2 aliphatic rings. The van der Waals surface area contributed by atoms with Crippen molar-refractivity contribution in [1.82, 2.24) is 9.62 Å². The topological polar surface area (TPSA) is 116 Å².